The molecule has 0 aliphatic carbocycles. The SMILES string of the molecule is COc1ccc(CC(Cc2ccc(Cl)s2)NN)cc1OC. The number of hydrogen-bond acceptors (Lipinski definition) is 5. The van der Waals surface area contributed by atoms with Crippen molar-refractivity contribution >= 4 is 22.9 Å². The van der Waals surface area contributed by atoms with Crippen molar-refractivity contribution < 1.29 is 9.47 Å². The zero-order chi connectivity index (χ0) is 15.2. The van der Waals surface area contributed by atoms with Crippen LogP contribution in [0.25, 0.3) is 0 Å². The number of thiophene rings is 1. The van der Waals surface area contributed by atoms with E-state index in [9.17, 15) is 0 Å². The van der Waals surface area contributed by atoms with E-state index in [1.807, 2.05) is 30.3 Å². The van der Waals surface area contributed by atoms with Crippen molar-refractivity contribution in [3.05, 3.63) is 45.1 Å². The minimum atomic E-state index is 0.137. The van der Waals surface area contributed by atoms with E-state index in [0.717, 1.165) is 34.2 Å². The lowest BCUT2D eigenvalue weighted by Crippen LogP contribution is -2.38. The Balaban J connectivity index is 2.07. The third-order valence-electron chi connectivity index (χ3n) is 3.24. The molecule has 1 heterocycles. The number of ether oxygens (including phenoxy) is 2. The number of methoxy groups -OCH3 is 2. The van der Waals surface area contributed by atoms with Crippen LogP contribution in [0.4, 0.5) is 0 Å². The summed E-state index contributed by atoms with van der Waals surface area (Å²) in [7, 11) is 3.26. The molecule has 1 aromatic heterocycles. The second-order valence-electron chi connectivity index (χ2n) is 4.67. The molecule has 2 rings (SSSR count). The molecule has 114 valence electrons. The number of hydrazine groups is 1. The number of halogens is 1. The number of rotatable bonds is 7. The first-order chi connectivity index (χ1) is 10.2. The van der Waals surface area contributed by atoms with E-state index in [2.05, 4.69) is 5.43 Å². The molecule has 0 bridgehead atoms. The molecule has 0 aliphatic heterocycles. The molecule has 2 aromatic rings. The largest absolute Gasteiger partial charge is 0.493 e. The van der Waals surface area contributed by atoms with Gasteiger partial charge in [0.15, 0.2) is 11.5 Å². The van der Waals surface area contributed by atoms with Crippen LogP contribution in [0.5, 0.6) is 11.5 Å². The van der Waals surface area contributed by atoms with E-state index in [4.69, 9.17) is 26.9 Å². The van der Waals surface area contributed by atoms with Gasteiger partial charge in [-0.1, -0.05) is 17.7 Å². The van der Waals surface area contributed by atoms with E-state index in [-0.39, 0.29) is 6.04 Å². The van der Waals surface area contributed by atoms with Gasteiger partial charge in [-0.3, -0.25) is 11.3 Å². The number of nitrogens with one attached hydrogen (secondary N) is 1. The summed E-state index contributed by atoms with van der Waals surface area (Å²) in [5.41, 5.74) is 4.00. The summed E-state index contributed by atoms with van der Waals surface area (Å²) in [6.45, 7) is 0. The van der Waals surface area contributed by atoms with E-state index >= 15 is 0 Å². The van der Waals surface area contributed by atoms with Gasteiger partial charge in [0.1, 0.15) is 0 Å². The third-order valence-corrected chi connectivity index (χ3v) is 4.50. The molecule has 0 radical (unpaired) electrons. The Hall–Kier alpha value is -1.27. The standard InChI is InChI=1S/C15H19ClN2O2S/c1-19-13-5-3-10(8-14(13)20-2)7-11(18-17)9-12-4-6-15(16)21-12/h3-6,8,11,18H,7,9,17H2,1-2H3. The average molecular weight is 327 g/mol. The molecule has 1 aromatic carbocycles. The maximum Gasteiger partial charge on any atom is 0.160 e. The van der Waals surface area contributed by atoms with Crippen LogP contribution in [-0.2, 0) is 12.8 Å². The highest BCUT2D eigenvalue weighted by atomic mass is 35.5. The van der Waals surface area contributed by atoms with Crippen LogP contribution >= 0.6 is 22.9 Å². The van der Waals surface area contributed by atoms with Gasteiger partial charge in [0.2, 0.25) is 0 Å². The normalized spacial score (nSPS) is 12.2. The van der Waals surface area contributed by atoms with Crippen LogP contribution in [-0.4, -0.2) is 20.3 Å². The van der Waals surface area contributed by atoms with Gasteiger partial charge >= 0.3 is 0 Å². The maximum absolute atomic E-state index is 5.96. The van der Waals surface area contributed by atoms with Gasteiger partial charge in [0.05, 0.1) is 18.6 Å². The summed E-state index contributed by atoms with van der Waals surface area (Å²) in [6.07, 6.45) is 1.63. The quantitative estimate of drug-likeness (QED) is 0.606. The molecule has 1 unspecified atom stereocenters. The molecule has 0 amide bonds. The lowest BCUT2D eigenvalue weighted by atomic mass is 10.0. The molecule has 0 spiro atoms. The van der Waals surface area contributed by atoms with Gasteiger partial charge in [-0.15, -0.1) is 11.3 Å². The average Bonchev–Trinajstić information content (AvgIpc) is 2.91. The van der Waals surface area contributed by atoms with Crippen LogP contribution in [0.3, 0.4) is 0 Å². The fraction of sp³-hybridized carbons (Fsp3) is 0.333. The molecule has 3 N–H and O–H groups in total. The summed E-state index contributed by atoms with van der Waals surface area (Å²) < 4.78 is 11.4. The number of hydrogen-bond donors (Lipinski definition) is 2. The van der Waals surface area contributed by atoms with E-state index < -0.39 is 0 Å². The zero-order valence-corrected chi connectivity index (χ0v) is 13.6. The second-order valence-corrected chi connectivity index (χ2v) is 6.47. The number of nitrogens with two attached hydrogens (primary N) is 1. The predicted molar refractivity (Wildman–Crippen MR) is 87.4 cm³/mol. The maximum atomic E-state index is 5.96. The summed E-state index contributed by atoms with van der Waals surface area (Å²) >= 11 is 7.54. The molecule has 21 heavy (non-hydrogen) atoms. The van der Waals surface area contributed by atoms with Crippen molar-refractivity contribution in [3.63, 3.8) is 0 Å². The van der Waals surface area contributed by atoms with Crippen molar-refractivity contribution in [2.45, 2.75) is 18.9 Å². The van der Waals surface area contributed by atoms with E-state index in [0.29, 0.717) is 0 Å². The topological polar surface area (TPSA) is 56.5 Å². The highest BCUT2D eigenvalue weighted by molar-refractivity contribution is 7.16. The fourth-order valence-corrected chi connectivity index (χ4v) is 3.35. The minimum Gasteiger partial charge on any atom is -0.493 e. The Kier molecular flexibility index (Phi) is 5.87. The van der Waals surface area contributed by atoms with Gasteiger partial charge in [-0.25, -0.2) is 0 Å². The van der Waals surface area contributed by atoms with Gasteiger partial charge in [0, 0.05) is 10.9 Å². The van der Waals surface area contributed by atoms with Crippen LogP contribution < -0.4 is 20.7 Å². The molecular formula is C15H19ClN2O2S. The molecular weight excluding hydrogens is 308 g/mol. The van der Waals surface area contributed by atoms with Crippen molar-refractivity contribution in [1.29, 1.82) is 0 Å². The highest BCUT2D eigenvalue weighted by Gasteiger charge is 2.12. The summed E-state index contributed by atoms with van der Waals surface area (Å²) in [5.74, 6) is 7.12. The molecule has 6 heteroatoms. The van der Waals surface area contributed by atoms with Gasteiger partial charge in [0.25, 0.3) is 0 Å². The van der Waals surface area contributed by atoms with Crippen LogP contribution in [0.1, 0.15) is 10.4 Å². The second kappa shape index (κ2) is 7.66. The van der Waals surface area contributed by atoms with Crippen molar-refractivity contribution in [1.82, 2.24) is 5.43 Å². The monoisotopic (exact) mass is 326 g/mol. The van der Waals surface area contributed by atoms with Gasteiger partial charge in [-0.05, 0) is 42.7 Å². The summed E-state index contributed by atoms with van der Waals surface area (Å²) in [5, 5.41) is 0. The summed E-state index contributed by atoms with van der Waals surface area (Å²) in [6, 6.07) is 9.98. The fourth-order valence-electron chi connectivity index (χ4n) is 2.19. The molecule has 4 nitrogen and oxygen atoms in total. The third kappa shape index (κ3) is 4.35. The van der Waals surface area contributed by atoms with Crippen LogP contribution in [0, 0.1) is 0 Å². The van der Waals surface area contributed by atoms with Crippen molar-refractivity contribution in [2.24, 2.45) is 5.84 Å². The Morgan fingerprint density at radius 3 is 2.48 bits per heavy atom. The van der Waals surface area contributed by atoms with Crippen molar-refractivity contribution in [3.8, 4) is 11.5 Å². The molecule has 0 fully saturated rings. The smallest absolute Gasteiger partial charge is 0.160 e. The number of benzene rings is 1. The zero-order valence-electron chi connectivity index (χ0n) is 12.1. The van der Waals surface area contributed by atoms with Crippen LogP contribution in [0.2, 0.25) is 4.34 Å². The molecule has 0 saturated heterocycles. The first-order valence-electron chi connectivity index (χ1n) is 6.57. The van der Waals surface area contributed by atoms with E-state index in [1.165, 1.54) is 4.88 Å². The van der Waals surface area contributed by atoms with Gasteiger partial charge in [-0.2, -0.15) is 0 Å². The predicted octanol–water partition coefficient (Wildman–Crippen LogP) is 3.04. The molecule has 0 aliphatic rings. The minimum absolute atomic E-state index is 0.137. The molecule has 0 saturated carbocycles. The lowest BCUT2D eigenvalue weighted by molar-refractivity contribution is 0.354. The van der Waals surface area contributed by atoms with Crippen LogP contribution in [0.15, 0.2) is 30.3 Å². The Bertz CT molecular complexity index is 589. The Labute approximate surface area is 133 Å². The van der Waals surface area contributed by atoms with Gasteiger partial charge < -0.3 is 9.47 Å². The Morgan fingerprint density at radius 2 is 1.90 bits per heavy atom. The highest BCUT2D eigenvalue weighted by Crippen LogP contribution is 2.28. The summed E-state index contributed by atoms with van der Waals surface area (Å²) in [4.78, 5) is 1.21. The van der Waals surface area contributed by atoms with Crippen molar-refractivity contribution in [2.75, 3.05) is 14.2 Å². The first-order valence-corrected chi connectivity index (χ1v) is 7.77. The molecule has 1 atom stereocenters. The lowest BCUT2D eigenvalue weighted by Gasteiger charge is -2.16. The van der Waals surface area contributed by atoms with E-state index in [1.54, 1.807) is 25.6 Å². The first kappa shape index (κ1) is 16.1. The Morgan fingerprint density at radius 1 is 1.14 bits per heavy atom.